The van der Waals surface area contributed by atoms with Crippen molar-refractivity contribution in [3.05, 3.63) is 40.4 Å². The molecule has 0 unspecified atom stereocenters. The number of ether oxygens (including phenoxy) is 2. The van der Waals surface area contributed by atoms with Crippen molar-refractivity contribution in [1.29, 1.82) is 0 Å². The number of hydrogen-bond donors (Lipinski definition) is 1. The third-order valence-electron chi connectivity index (χ3n) is 2.74. The number of H-pyrrole nitrogens is 1. The minimum atomic E-state index is -0.162. The molecule has 2 rings (SSSR count). The first-order chi connectivity index (χ1) is 8.69. The van der Waals surface area contributed by atoms with Gasteiger partial charge in [-0.2, -0.15) is 0 Å². The van der Waals surface area contributed by atoms with Crippen molar-refractivity contribution < 1.29 is 9.47 Å². The number of nitrogens with one attached hydrogen (secondary N) is 1. The van der Waals surface area contributed by atoms with E-state index in [2.05, 4.69) is 9.97 Å². The number of hydrogen-bond acceptors (Lipinski definition) is 4. The number of aromatic nitrogens is 2. The summed E-state index contributed by atoms with van der Waals surface area (Å²) in [5.74, 6) is 1.18. The zero-order chi connectivity index (χ0) is 13.1. The molecular formula is C13H14N2O3. The fourth-order valence-corrected chi connectivity index (χ4v) is 1.81. The van der Waals surface area contributed by atoms with Crippen LogP contribution in [0.4, 0.5) is 0 Å². The molecule has 1 aromatic heterocycles. The Bertz CT molecular complexity index is 620. The molecule has 0 fully saturated rings. The van der Waals surface area contributed by atoms with Crippen molar-refractivity contribution in [3.8, 4) is 22.8 Å². The molecule has 0 bridgehead atoms. The molecular weight excluding hydrogens is 232 g/mol. The SMILES string of the molecule is COc1cccc(-c2nc[nH]c(=O)c2C)c1OC. The maximum Gasteiger partial charge on any atom is 0.254 e. The third-order valence-corrected chi connectivity index (χ3v) is 2.74. The molecule has 0 radical (unpaired) electrons. The first-order valence-corrected chi connectivity index (χ1v) is 5.44. The van der Waals surface area contributed by atoms with E-state index in [-0.39, 0.29) is 5.56 Å². The molecule has 18 heavy (non-hydrogen) atoms. The van der Waals surface area contributed by atoms with E-state index in [4.69, 9.17) is 9.47 Å². The minimum Gasteiger partial charge on any atom is -0.493 e. The number of nitrogens with zero attached hydrogens (tertiary/aromatic N) is 1. The summed E-state index contributed by atoms with van der Waals surface area (Å²) in [7, 11) is 3.13. The van der Waals surface area contributed by atoms with Gasteiger partial charge in [0.2, 0.25) is 0 Å². The first kappa shape index (κ1) is 12.2. The summed E-state index contributed by atoms with van der Waals surface area (Å²) in [6.07, 6.45) is 1.38. The molecule has 94 valence electrons. The molecule has 0 aliphatic heterocycles. The highest BCUT2D eigenvalue weighted by molar-refractivity contribution is 5.72. The monoisotopic (exact) mass is 246 g/mol. The van der Waals surface area contributed by atoms with E-state index < -0.39 is 0 Å². The van der Waals surface area contributed by atoms with Crippen LogP contribution in [0.1, 0.15) is 5.56 Å². The lowest BCUT2D eigenvalue weighted by Crippen LogP contribution is -2.11. The summed E-state index contributed by atoms with van der Waals surface area (Å²) in [5, 5.41) is 0. The predicted octanol–water partition coefficient (Wildman–Crippen LogP) is 1.76. The number of methoxy groups -OCH3 is 2. The first-order valence-electron chi connectivity index (χ1n) is 5.44. The van der Waals surface area contributed by atoms with Crippen molar-refractivity contribution in [2.45, 2.75) is 6.92 Å². The number of para-hydroxylation sites is 1. The maximum atomic E-state index is 11.6. The second-order valence-corrected chi connectivity index (χ2v) is 3.75. The van der Waals surface area contributed by atoms with E-state index in [0.29, 0.717) is 22.8 Å². The second kappa shape index (κ2) is 4.91. The van der Waals surface area contributed by atoms with Gasteiger partial charge in [-0.05, 0) is 19.1 Å². The molecule has 0 atom stereocenters. The van der Waals surface area contributed by atoms with Crippen LogP contribution in [0, 0.1) is 6.92 Å². The zero-order valence-electron chi connectivity index (χ0n) is 10.5. The highest BCUT2D eigenvalue weighted by atomic mass is 16.5. The lowest BCUT2D eigenvalue weighted by atomic mass is 10.1. The third kappa shape index (κ3) is 1.95. The van der Waals surface area contributed by atoms with Crippen LogP contribution in [0.15, 0.2) is 29.3 Å². The van der Waals surface area contributed by atoms with Gasteiger partial charge in [-0.3, -0.25) is 4.79 Å². The molecule has 5 nitrogen and oxygen atoms in total. The highest BCUT2D eigenvalue weighted by Gasteiger charge is 2.15. The predicted molar refractivity (Wildman–Crippen MR) is 68.1 cm³/mol. The summed E-state index contributed by atoms with van der Waals surface area (Å²) in [6.45, 7) is 1.72. The van der Waals surface area contributed by atoms with Crippen molar-refractivity contribution in [2.75, 3.05) is 14.2 Å². The molecule has 1 aromatic carbocycles. The summed E-state index contributed by atoms with van der Waals surface area (Å²) in [5.41, 5.74) is 1.71. The molecule has 5 heteroatoms. The summed E-state index contributed by atoms with van der Waals surface area (Å²) in [4.78, 5) is 18.3. The van der Waals surface area contributed by atoms with Gasteiger partial charge in [0, 0.05) is 11.1 Å². The van der Waals surface area contributed by atoms with Crippen molar-refractivity contribution in [3.63, 3.8) is 0 Å². The number of benzene rings is 1. The van der Waals surface area contributed by atoms with Gasteiger partial charge in [-0.15, -0.1) is 0 Å². The van der Waals surface area contributed by atoms with Crippen LogP contribution in [0.2, 0.25) is 0 Å². The van der Waals surface area contributed by atoms with Crippen molar-refractivity contribution >= 4 is 0 Å². The standard InChI is InChI=1S/C13H14N2O3/c1-8-11(14-7-15-13(8)16)9-5-4-6-10(17-2)12(9)18-3/h4-7H,1-3H3,(H,14,15,16). The Hall–Kier alpha value is -2.30. The largest absolute Gasteiger partial charge is 0.493 e. The number of aromatic amines is 1. The quantitative estimate of drug-likeness (QED) is 0.896. The Kier molecular flexibility index (Phi) is 3.32. The normalized spacial score (nSPS) is 10.2. The van der Waals surface area contributed by atoms with Crippen LogP contribution in [0.25, 0.3) is 11.3 Å². The Morgan fingerprint density at radius 2 is 2.00 bits per heavy atom. The molecule has 0 amide bonds. The Balaban J connectivity index is 2.71. The molecule has 0 aliphatic carbocycles. The van der Waals surface area contributed by atoms with Gasteiger partial charge in [0.25, 0.3) is 5.56 Å². The molecule has 2 aromatic rings. The van der Waals surface area contributed by atoms with E-state index in [9.17, 15) is 4.79 Å². The molecule has 0 saturated heterocycles. The minimum absolute atomic E-state index is 0.162. The fraction of sp³-hybridized carbons (Fsp3) is 0.231. The van der Waals surface area contributed by atoms with Gasteiger partial charge >= 0.3 is 0 Å². The van der Waals surface area contributed by atoms with Crippen LogP contribution < -0.4 is 15.0 Å². The van der Waals surface area contributed by atoms with E-state index in [0.717, 1.165) is 5.56 Å². The van der Waals surface area contributed by atoms with Crippen molar-refractivity contribution in [2.24, 2.45) is 0 Å². The summed E-state index contributed by atoms with van der Waals surface area (Å²) < 4.78 is 10.6. The van der Waals surface area contributed by atoms with Gasteiger partial charge in [0.15, 0.2) is 11.5 Å². The van der Waals surface area contributed by atoms with E-state index in [1.807, 2.05) is 12.1 Å². The maximum absolute atomic E-state index is 11.6. The Morgan fingerprint density at radius 3 is 2.67 bits per heavy atom. The Morgan fingerprint density at radius 1 is 1.22 bits per heavy atom. The van der Waals surface area contributed by atoms with E-state index in [1.165, 1.54) is 6.33 Å². The zero-order valence-corrected chi connectivity index (χ0v) is 10.5. The van der Waals surface area contributed by atoms with E-state index in [1.54, 1.807) is 27.2 Å². The van der Waals surface area contributed by atoms with E-state index >= 15 is 0 Å². The average Bonchev–Trinajstić information content (AvgIpc) is 2.41. The molecule has 0 aliphatic rings. The second-order valence-electron chi connectivity index (χ2n) is 3.75. The average molecular weight is 246 g/mol. The molecule has 1 N–H and O–H groups in total. The van der Waals surface area contributed by atoms with Crippen LogP contribution in [-0.4, -0.2) is 24.2 Å². The van der Waals surface area contributed by atoms with Gasteiger partial charge in [0.1, 0.15) is 0 Å². The fourth-order valence-electron chi connectivity index (χ4n) is 1.81. The molecule has 1 heterocycles. The molecule has 0 spiro atoms. The topological polar surface area (TPSA) is 64.2 Å². The Labute approximate surface area is 104 Å². The van der Waals surface area contributed by atoms with Crippen LogP contribution in [-0.2, 0) is 0 Å². The van der Waals surface area contributed by atoms with Gasteiger partial charge in [-0.1, -0.05) is 6.07 Å². The summed E-state index contributed by atoms with van der Waals surface area (Å²) >= 11 is 0. The highest BCUT2D eigenvalue weighted by Crippen LogP contribution is 2.37. The smallest absolute Gasteiger partial charge is 0.254 e. The summed E-state index contributed by atoms with van der Waals surface area (Å²) in [6, 6.07) is 5.47. The lowest BCUT2D eigenvalue weighted by molar-refractivity contribution is 0.356. The lowest BCUT2D eigenvalue weighted by Gasteiger charge is -2.12. The number of rotatable bonds is 3. The molecule has 0 saturated carbocycles. The van der Waals surface area contributed by atoms with Crippen molar-refractivity contribution in [1.82, 2.24) is 9.97 Å². The van der Waals surface area contributed by atoms with Crippen LogP contribution >= 0.6 is 0 Å². The van der Waals surface area contributed by atoms with Gasteiger partial charge in [-0.25, -0.2) is 4.98 Å². The van der Waals surface area contributed by atoms with Gasteiger partial charge < -0.3 is 14.5 Å². The van der Waals surface area contributed by atoms with Crippen LogP contribution in [0.3, 0.4) is 0 Å². The van der Waals surface area contributed by atoms with Gasteiger partial charge in [0.05, 0.1) is 26.2 Å². The van der Waals surface area contributed by atoms with Crippen LogP contribution in [0.5, 0.6) is 11.5 Å².